The largest absolute Gasteiger partial charge is 0.0772 e. The van der Waals surface area contributed by atoms with Gasteiger partial charge in [0.15, 0.2) is 0 Å². The molecule has 0 aliphatic heterocycles. The lowest BCUT2D eigenvalue weighted by Crippen LogP contribution is -1.98. The Labute approximate surface area is 56.0 Å². The Hall–Kier alpha value is -0.260. The van der Waals surface area contributed by atoms with Crippen LogP contribution in [0.5, 0.6) is 0 Å². The molecular formula is C9H12. The zero-order valence-corrected chi connectivity index (χ0v) is 5.64. The topological polar surface area (TPSA) is 0 Å². The molecule has 0 bridgehead atoms. The fourth-order valence-corrected chi connectivity index (χ4v) is 2.87. The van der Waals surface area contributed by atoms with Crippen LogP contribution in [0.15, 0.2) is 11.6 Å². The Morgan fingerprint density at radius 1 is 1.33 bits per heavy atom. The average Bonchev–Trinajstić information content (AvgIpc) is 2.38. The summed E-state index contributed by atoms with van der Waals surface area (Å²) in [6.07, 6.45) is 8.59. The second-order valence-corrected chi connectivity index (χ2v) is 3.81. The van der Waals surface area contributed by atoms with E-state index in [-0.39, 0.29) is 0 Å². The van der Waals surface area contributed by atoms with E-state index in [0.717, 1.165) is 17.8 Å². The Morgan fingerprint density at radius 2 is 2.33 bits per heavy atom. The third kappa shape index (κ3) is 0.452. The molecule has 3 aliphatic rings. The maximum atomic E-state index is 2.49. The zero-order chi connectivity index (χ0) is 5.84. The minimum Gasteiger partial charge on any atom is -0.0772 e. The second kappa shape index (κ2) is 1.25. The standard InChI is InChI=1S/C9H12/c1-2-6-4-7-5-9(7)8(6)3-1/h5-8H,1-4H2. The smallest absolute Gasteiger partial charge is 0.00143 e. The summed E-state index contributed by atoms with van der Waals surface area (Å²) in [7, 11) is 0. The summed E-state index contributed by atoms with van der Waals surface area (Å²) in [5.41, 5.74) is 1.84. The SMILES string of the molecule is C1=C2C1CC1CCCC21. The Kier molecular flexibility index (Phi) is 0.633. The molecule has 0 saturated heterocycles. The van der Waals surface area contributed by atoms with Crippen LogP contribution in [0.4, 0.5) is 0 Å². The third-order valence-electron chi connectivity index (χ3n) is 3.36. The van der Waals surface area contributed by atoms with Crippen molar-refractivity contribution >= 4 is 0 Å². The molecule has 0 aromatic rings. The van der Waals surface area contributed by atoms with Gasteiger partial charge in [0.2, 0.25) is 0 Å². The lowest BCUT2D eigenvalue weighted by Gasteiger charge is -2.06. The van der Waals surface area contributed by atoms with Gasteiger partial charge >= 0.3 is 0 Å². The number of allylic oxidation sites excluding steroid dienone is 2. The Bertz CT molecular complexity index is 178. The van der Waals surface area contributed by atoms with Gasteiger partial charge < -0.3 is 0 Å². The molecule has 0 radical (unpaired) electrons. The van der Waals surface area contributed by atoms with Crippen LogP contribution in [-0.4, -0.2) is 0 Å². The van der Waals surface area contributed by atoms with Gasteiger partial charge in [-0.15, -0.1) is 0 Å². The molecule has 0 heteroatoms. The van der Waals surface area contributed by atoms with E-state index in [1.807, 2.05) is 5.57 Å². The molecule has 0 spiro atoms. The summed E-state index contributed by atoms with van der Waals surface area (Å²) in [5.74, 6) is 3.23. The Morgan fingerprint density at radius 3 is 3.22 bits per heavy atom. The van der Waals surface area contributed by atoms with Gasteiger partial charge in [-0.05, 0) is 37.0 Å². The monoisotopic (exact) mass is 120 g/mol. The van der Waals surface area contributed by atoms with Crippen molar-refractivity contribution < 1.29 is 0 Å². The second-order valence-electron chi connectivity index (χ2n) is 3.81. The molecule has 2 saturated carbocycles. The lowest BCUT2D eigenvalue weighted by atomic mass is 9.98. The molecule has 0 aromatic carbocycles. The van der Waals surface area contributed by atoms with Crippen molar-refractivity contribution in [3.05, 3.63) is 11.6 Å². The molecular weight excluding hydrogens is 108 g/mol. The van der Waals surface area contributed by atoms with Gasteiger partial charge in [-0.25, -0.2) is 0 Å². The summed E-state index contributed by atoms with van der Waals surface area (Å²) in [4.78, 5) is 0. The van der Waals surface area contributed by atoms with Gasteiger partial charge in [0.1, 0.15) is 0 Å². The highest BCUT2D eigenvalue weighted by Gasteiger charge is 2.46. The van der Waals surface area contributed by atoms with Crippen LogP contribution >= 0.6 is 0 Å². The number of hydrogen-bond acceptors (Lipinski definition) is 0. The summed E-state index contributed by atoms with van der Waals surface area (Å²) < 4.78 is 0. The molecule has 0 N–H and O–H groups in total. The first-order valence-corrected chi connectivity index (χ1v) is 4.17. The minimum absolute atomic E-state index is 1.01. The lowest BCUT2D eigenvalue weighted by molar-refractivity contribution is 0.473. The minimum atomic E-state index is 1.01. The number of fused-ring (bicyclic) bond motifs is 3. The first-order chi connectivity index (χ1) is 4.45. The molecule has 3 unspecified atom stereocenters. The van der Waals surface area contributed by atoms with Crippen LogP contribution in [0.2, 0.25) is 0 Å². The van der Waals surface area contributed by atoms with Crippen LogP contribution in [0, 0.1) is 17.8 Å². The quantitative estimate of drug-likeness (QED) is 0.430. The highest BCUT2D eigenvalue weighted by Crippen LogP contribution is 2.57. The van der Waals surface area contributed by atoms with Crippen molar-refractivity contribution in [2.45, 2.75) is 25.7 Å². The van der Waals surface area contributed by atoms with Crippen LogP contribution in [0.3, 0.4) is 0 Å². The van der Waals surface area contributed by atoms with Crippen molar-refractivity contribution in [2.75, 3.05) is 0 Å². The predicted molar refractivity (Wildman–Crippen MR) is 37.0 cm³/mol. The van der Waals surface area contributed by atoms with E-state index in [1.165, 1.54) is 19.3 Å². The zero-order valence-electron chi connectivity index (χ0n) is 5.64. The number of rotatable bonds is 0. The Balaban J connectivity index is 1.95. The van der Waals surface area contributed by atoms with Gasteiger partial charge in [-0.1, -0.05) is 18.1 Å². The molecule has 3 aliphatic carbocycles. The molecule has 2 fully saturated rings. The van der Waals surface area contributed by atoms with Gasteiger partial charge in [-0.3, -0.25) is 0 Å². The van der Waals surface area contributed by atoms with E-state index in [1.54, 1.807) is 6.42 Å². The maximum absolute atomic E-state index is 2.49. The average molecular weight is 120 g/mol. The molecule has 0 aromatic heterocycles. The van der Waals surface area contributed by atoms with Crippen molar-refractivity contribution in [3.8, 4) is 0 Å². The van der Waals surface area contributed by atoms with E-state index in [2.05, 4.69) is 6.08 Å². The normalized spacial score (nSPS) is 52.4. The van der Waals surface area contributed by atoms with Crippen LogP contribution < -0.4 is 0 Å². The first-order valence-electron chi connectivity index (χ1n) is 4.17. The van der Waals surface area contributed by atoms with Crippen molar-refractivity contribution in [1.29, 1.82) is 0 Å². The van der Waals surface area contributed by atoms with Crippen molar-refractivity contribution in [1.82, 2.24) is 0 Å². The molecule has 48 valence electrons. The van der Waals surface area contributed by atoms with Crippen molar-refractivity contribution in [2.24, 2.45) is 17.8 Å². The molecule has 3 rings (SSSR count). The van der Waals surface area contributed by atoms with Gasteiger partial charge in [0, 0.05) is 0 Å². The van der Waals surface area contributed by atoms with E-state index in [0.29, 0.717) is 0 Å². The summed E-state index contributed by atoms with van der Waals surface area (Å²) in [6, 6.07) is 0. The van der Waals surface area contributed by atoms with E-state index in [9.17, 15) is 0 Å². The fraction of sp³-hybridized carbons (Fsp3) is 0.778. The van der Waals surface area contributed by atoms with Crippen molar-refractivity contribution in [3.63, 3.8) is 0 Å². The molecule has 0 heterocycles. The molecule has 0 amide bonds. The van der Waals surface area contributed by atoms with Crippen LogP contribution in [0.25, 0.3) is 0 Å². The van der Waals surface area contributed by atoms with Gasteiger partial charge in [0.05, 0.1) is 0 Å². The summed E-state index contributed by atoms with van der Waals surface area (Å²) >= 11 is 0. The molecule has 3 atom stereocenters. The first kappa shape index (κ1) is 4.54. The molecule has 9 heavy (non-hydrogen) atoms. The third-order valence-corrected chi connectivity index (χ3v) is 3.36. The number of hydrogen-bond donors (Lipinski definition) is 0. The van der Waals surface area contributed by atoms with E-state index < -0.39 is 0 Å². The maximum Gasteiger partial charge on any atom is -0.00143 e. The molecule has 0 nitrogen and oxygen atoms in total. The highest BCUT2D eigenvalue weighted by molar-refractivity contribution is 5.37. The highest BCUT2D eigenvalue weighted by atomic mass is 14.5. The van der Waals surface area contributed by atoms with E-state index >= 15 is 0 Å². The fourth-order valence-electron chi connectivity index (χ4n) is 2.87. The van der Waals surface area contributed by atoms with Crippen LogP contribution in [0.1, 0.15) is 25.7 Å². The summed E-state index contributed by atoms with van der Waals surface area (Å²) in [6.45, 7) is 0. The van der Waals surface area contributed by atoms with Crippen LogP contribution in [-0.2, 0) is 0 Å². The predicted octanol–water partition coefficient (Wildman–Crippen LogP) is 2.36. The van der Waals surface area contributed by atoms with Gasteiger partial charge in [0.25, 0.3) is 0 Å². The summed E-state index contributed by atoms with van der Waals surface area (Å²) in [5, 5.41) is 0. The van der Waals surface area contributed by atoms with Gasteiger partial charge in [-0.2, -0.15) is 0 Å². The van der Waals surface area contributed by atoms with E-state index in [4.69, 9.17) is 0 Å².